The molecule has 0 aliphatic heterocycles. The molecule has 7 nitrogen and oxygen atoms in total. The third-order valence-electron chi connectivity index (χ3n) is 4.00. The largest absolute Gasteiger partial charge is 0.495 e. The monoisotopic (exact) mass is 412 g/mol. The van der Waals surface area contributed by atoms with Crippen molar-refractivity contribution in [2.75, 3.05) is 29.8 Å². The second kappa shape index (κ2) is 8.49. The van der Waals surface area contributed by atoms with Gasteiger partial charge in [-0.1, -0.05) is 11.6 Å². The normalized spacial score (nSPS) is 11.1. The summed E-state index contributed by atoms with van der Waals surface area (Å²) in [6.45, 7) is 5.08. The number of carbonyl (C=O) groups is 1. The van der Waals surface area contributed by atoms with Crippen LogP contribution in [0, 0.1) is 0 Å². The zero-order chi connectivity index (χ0) is 20.2. The van der Waals surface area contributed by atoms with Crippen LogP contribution < -0.4 is 14.4 Å². The van der Waals surface area contributed by atoms with Gasteiger partial charge < -0.3 is 14.7 Å². The van der Waals surface area contributed by atoms with Gasteiger partial charge in [-0.15, -0.1) is 0 Å². The van der Waals surface area contributed by atoms with Crippen LogP contribution in [0.1, 0.15) is 24.2 Å². The van der Waals surface area contributed by atoms with Crippen LogP contribution in [0.5, 0.6) is 5.75 Å². The van der Waals surface area contributed by atoms with Gasteiger partial charge in [-0.2, -0.15) is 0 Å². The molecule has 0 atom stereocenters. The maximum absolute atomic E-state index is 12.7. The molecule has 9 heteroatoms. The van der Waals surface area contributed by atoms with Gasteiger partial charge in [0, 0.05) is 23.8 Å². The van der Waals surface area contributed by atoms with E-state index in [-0.39, 0.29) is 26.9 Å². The van der Waals surface area contributed by atoms with Crippen molar-refractivity contribution < 1.29 is 23.1 Å². The van der Waals surface area contributed by atoms with Crippen LogP contribution in [-0.4, -0.2) is 39.7 Å². The Kier molecular flexibility index (Phi) is 6.56. The summed E-state index contributed by atoms with van der Waals surface area (Å²) >= 11 is 5.91. The molecule has 0 aliphatic rings. The molecule has 0 saturated heterocycles. The highest BCUT2D eigenvalue weighted by atomic mass is 35.5. The van der Waals surface area contributed by atoms with E-state index in [1.54, 1.807) is 6.07 Å². The van der Waals surface area contributed by atoms with E-state index in [4.69, 9.17) is 16.3 Å². The lowest BCUT2D eigenvalue weighted by Crippen LogP contribution is -2.24. The standard InChI is InChI=1S/C18H21ClN2O5S/c1-4-21(5-2)15-8-7-13(11-14(15)18(22)23)20-27(24,25)17-10-12(19)6-9-16(17)26-3/h6-11,20H,4-5H2,1-3H3,(H,22,23). The number of halogens is 1. The Morgan fingerprint density at radius 3 is 2.41 bits per heavy atom. The number of rotatable bonds is 8. The summed E-state index contributed by atoms with van der Waals surface area (Å²) in [6.07, 6.45) is 0. The van der Waals surface area contributed by atoms with E-state index in [1.807, 2.05) is 18.7 Å². The van der Waals surface area contributed by atoms with E-state index in [2.05, 4.69) is 4.72 Å². The Labute approximate surface area is 163 Å². The molecule has 0 spiro atoms. The Hall–Kier alpha value is -2.45. The van der Waals surface area contributed by atoms with Crippen LogP contribution in [0.3, 0.4) is 0 Å². The average molecular weight is 413 g/mol. The molecular formula is C18H21ClN2O5S. The second-order valence-corrected chi connectivity index (χ2v) is 7.70. The van der Waals surface area contributed by atoms with Gasteiger partial charge in [0.15, 0.2) is 0 Å². The zero-order valence-corrected chi connectivity index (χ0v) is 16.8. The molecule has 0 unspecified atom stereocenters. The van der Waals surface area contributed by atoms with Gasteiger partial charge >= 0.3 is 5.97 Å². The first-order valence-corrected chi connectivity index (χ1v) is 10.1. The van der Waals surface area contributed by atoms with Crippen molar-refractivity contribution in [2.24, 2.45) is 0 Å². The molecule has 2 rings (SSSR count). The Morgan fingerprint density at radius 2 is 1.85 bits per heavy atom. The Morgan fingerprint density at radius 1 is 1.19 bits per heavy atom. The number of hydrogen-bond donors (Lipinski definition) is 2. The van der Waals surface area contributed by atoms with E-state index in [1.165, 1.54) is 37.4 Å². The fraction of sp³-hybridized carbons (Fsp3) is 0.278. The SMILES string of the molecule is CCN(CC)c1ccc(NS(=O)(=O)c2cc(Cl)ccc2OC)cc1C(=O)O. The van der Waals surface area contributed by atoms with Gasteiger partial charge in [0.1, 0.15) is 10.6 Å². The minimum absolute atomic E-state index is 0.0111. The molecule has 2 aromatic rings. The number of methoxy groups -OCH3 is 1. The van der Waals surface area contributed by atoms with Crippen molar-refractivity contribution >= 4 is 39.0 Å². The number of anilines is 2. The summed E-state index contributed by atoms with van der Waals surface area (Å²) in [5.41, 5.74) is 0.665. The number of benzene rings is 2. The molecule has 0 heterocycles. The topological polar surface area (TPSA) is 95.9 Å². The molecule has 0 bridgehead atoms. The predicted octanol–water partition coefficient (Wildman–Crippen LogP) is 3.69. The quantitative estimate of drug-likeness (QED) is 0.686. The van der Waals surface area contributed by atoms with Gasteiger partial charge in [0.25, 0.3) is 10.0 Å². The highest BCUT2D eigenvalue weighted by Gasteiger charge is 2.22. The van der Waals surface area contributed by atoms with E-state index in [9.17, 15) is 18.3 Å². The van der Waals surface area contributed by atoms with Crippen molar-refractivity contribution in [1.82, 2.24) is 0 Å². The smallest absolute Gasteiger partial charge is 0.337 e. The minimum Gasteiger partial charge on any atom is -0.495 e. The molecule has 2 N–H and O–H groups in total. The Balaban J connectivity index is 2.47. The van der Waals surface area contributed by atoms with Crippen LogP contribution in [-0.2, 0) is 10.0 Å². The van der Waals surface area contributed by atoms with Gasteiger partial charge in [0.05, 0.1) is 18.4 Å². The molecule has 0 fully saturated rings. The first-order chi connectivity index (χ1) is 12.7. The molecule has 0 amide bonds. The number of sulfonamides is 1. The summed E-state index contributed by atoms with van der Waals surface area (Å²) < 4.78 is 32.9. The molecule has 0 aromatic heterocycles. The van der Waals surface area contributed by atoms with Gasteiger partial charge in [0.2, 0.25) is 0 Å². The number of ether oxygens (including phenoxy) is 1. The van der Waals surface area contributed by atoms with Crippen molar-refractivity contribution in [2.45, 2.75) is 18.7 Å². The number of carboxylic acids is 1. The fourth-order valence-electron chi connectivity index (χ4n) is 2.68. The zero-order valence-electron chi connectivity index (χ0n) is 15.2. The lowest BCUT2D eigenvalue weighted by atomic mass is 10.1. The maximum Gasteiger partial charge on any atom is 0.337 e. The van der Waals surface area contributed by atoms with E-state index in [0.29, 0.717) is 18.8 Å². The van der Waals surface area contributed by atoms with E-state index in [0.717, 1.165) is 0 Å². The summed E-state index contributed by atoms with van der Waals surface area (Å²) in [5, 5.41) is 9.76. The number of carboxylic acid groups (broad SMARTS) is 1. The van der Waals surface area contributed by atoms with Gasteiger partial charge in [-0.05, 0) is 50.2 Å². The first-order valence-electron chi connectivity index (χ1n) is 8.22. The minimum atomic E-state index is -4.03. The lowest BCUT2D eigenvalue weighted by molar-refractivity contribution is 0.0697. The van der Waals surface area contributed by atoms with Crippen molar-refractivity contribution in [3.63, 3.8) is 0 Å². The van der Waals surface area contributed by atoms with E-state index < -0.39 is 16.0 Å². The van der Waals surface area contributed by atoms with Gasteiger partial charge in [-0.25, -0.2) is 13.2 Å². The number of hydrogen-bond acceptors (Lipinski definition) is 5. The predicted molar refractivity (Wildman–Crippen MR) is 106 cm³/mol. The molecule has 146 valence electrons. The first kappa shape index (κ1) is 20.9. The van der Waals surface area contributed by atoms with E-state index >= 15 is 0 Å². The number of nitrogens with zero attached hydrogens (tertiary/aromatic N) is 1. The van der Waals surface area contributed by atoms with Crippen LogP contribution in [0.25, 0.3) is 0 Å². The Bertz CT molecular complexity index is 943. The average Bonchev–Trinajstić information content (AvgIpc) is 2.63. The molecule has 2 aromatic carbocycles. The summed E-state index contributed by atoms with van der Waals surface area (Å²) in [7, 11) is -2.68. The van der Waals surface area contributed by atoms with Gasteiger partial charge in [-0.3, -0.25) is 4.72 Å². The van der Waals surface area contributed by atoms with Crippen LogP contribution in [0.4, 0.5) is 11.4 Å². The van der Waals surface area contributed by atoms with Crippen molar-refractivity contribution in [3.8, 4) is 5.75 Å². The maximum atomic E-state index is 12.7. The summed E-state index contributed by atoms with van der Waals surface area (Å²) in [6, 6.07) is 8.64. The third-order valence-corrected chi connectivity index (χ3v) is 5.64. The van der Waals surface area contributed by atoms with Crippen LogP contribution in [0.2, 0.25) is 5.02 Å². The summed E-state index contributed by atoms with van der Waals surface area (Å²) in [4.78, 5) is 13.4. The van der Waals surface area contributed by atoms with Crippen molar-refractivity contribution in [1.29, 1.82) is 0 Å². The fourth-order valence-corrected chi connectivity index (χ4v) is 4.16. The molecule has 0 aliphatic carbocycles. The number of aromatic carboxylic acids is 1. The third kappa shape index (κ3) is 4.64. The van der Waals surface area contributed by atoms with Crippen LogP contribution >= 0.6 is 11.6 Å². The highest BCUT2D eigenvalue weighted by molar-refractivity contribution is 7.92. The van der Waals surface area contributed by atoms with Crippen molar-refractivity contribution in [3.05, 3.63) is 47.0 Å². The number of nitrogens with one attached hydrogen (secondary N) is 1. The molecule has 27 heavy (non-hydrogen) atoms. The lowest BCUT2D eigenvalue weighted by Gasteiger charge is -2.23. The highest BCUT2D eigenvalue weighted by Crippen LogP contribution is 2.30. The second-order valence-electron chi connectivity index (χ2n) is 5.61. The summed E-state index contributed by atoms with van der Waals surface area (Å²) in [5.74, 6) is -1.01. The molecule has 0 saturated carbocycles. The van der Waals surface area contributed by atoms with Crippen LogP contribution in [0.15, 0.2) is 41.3 Å². The molecule has 0 radical (unpaired) electrons. The molecular weight excluding hydrogens is 392 g/mol.